The molecule has 0 aromatic rings. The monoisotopic (exact) mass is 163 g/mol. The highest BCUT2D eigenvalue weighted by Gasteiger charge is 2.30. The fourth-order valence-corrected chi connectivity index (χ4v) is 1.02. The van der Waals surface area contributed by atoms with Crippen LogP contribution in [0.4, 0.5) is 0 Å². The van der Waals surface area contributed by atoms with E-state index >= 15 is 0 Å². The zero-order chi connectivity index (χ0) is 7.72. The molecule has 0 saturated carbocycles. The quantitative estimate of drug-likeness (QED) is 0.545. The summed E-state index contributed by atoms with van der Waals surface area (Å²) < 4.78 is 0. The SMILES string of the molecule is CC(Cl)C(=O)N1CC(O)C1. The molecule has 1 aliphatic rings. The van der Waals surface area contributed by atoms with E-state index in [0.29, 0.717) is 13.1 Å². The van der Waals surface area contributed by atoms with Gasteiger partial charge in [0, 0.05) is 13.1 Å². The Bertz CT molecular complexity index is 143. The predicted octanol–water partition coefficient (Wildman–Crippen LogP) is -0.183. The van der Waals surface area contributed by atoms with Crippen LogP contribution in [0.15, 0.2) is 0 Å². The van der Waals surface area contributed by atoms with Gasteiger partial charge in [-0.05, 0) is 6.92 Å². The minimum Gasteiger partial charge on any atom is -0.389 e. The molecular formula is C6H10ClNO2. The molecule has 0 aromatic carbocycles. The lowest BCUT2D eigenvalue weighted by Crippen LogP contribution is -2.55. The Hall–Kier alpha value is -0.280. The van der Waals surface area contributed by atoms with Gasteiger partial charge in [0.1, 0.15) is 5.38 Å². The average Bonchev–Trinajstić information content (AvgIpc) is 1.79. The number of halogens is 1. The summed E-state index contributed by atoms with van der Waals surface area (Å²) in [6, 6.07) is 0. The number of amides is 1. The van der Waals surface area contributed by atoms with Crippen molar-refractivity contribution in [3.8, 4) is 0 Å². The van der Waals surface area contributed by atoms with Crippen LogP contribution >= 0.6 is 11.6 Å². The molecule has 1 amide bonds. The number of aliphatic hydroxyl groups is 1. The summed E-state index contributed by atoms with van der Waals surface area (Å²) >= 11 is 5.51. The van der Waals surface area contributed by atoms with E-state index in [4.69, 9.17) is 16.7 Å². The molecular weight excluding hydrogens is 154 g/mol. The smallest absolute Gasteiger partial charge is 0.240 e. The van der Waals surface area contributed by atoms with Crippen molar-refractivity contribution in [2.24, 2.45) is 0 Å². The van der Waals surface area contributed by atoms with Crippen molar-refractivity contribution in [3.05, 3.63) is 0 Å². The number of β-amino-alcohol motifs (C(OH)–C–C–N with tert-alkyl or cyclic N) is 1. The second kappa shape index (κ2) is 2.76. The van der Waals surface area contributed by atoms with Gasteiger partial charge in [-0.2, -0.15) is 0 Å². The van der Waals surface area contributed by atoms with Crippen LogP contribution < -0.4 is 0 Å². The maximum Gasteiger partial charge on any atom is 0.240 e. The first-order valence-corrected chi connectivity index (χ1v) is 3.66. The van der Waals surface area contributed by atoms with Crippen LogP contribution in [0.2, 0.25) is 0 Å². The van der Waals surface area contributed by atoms with Gasteiger partial charge in [-0.15, -0.1) is 11.6 Å². The minimum atomic E-state index is -0.465. The first-order valence-electron chi connectivity index (χ1n) is 3.22. The lowest BCUT2D eigenvalue weighted by atomic mass is 10.1. The molecule has 1 fully saturated rings. The zero-order valence-corrected chi connectivity index (χ0v) is 6.51. The number of aliphatic hydroxyl groups excluding tert-OH is 1. The molecule has 0 bridgehead atoms. The average molecular weight is 164 g/mol. The third-order valence-electron chi connectivity index (χ3n) is 1.51. The number of rotatable bonds is 1. The molecule has 10 heavy (non-hydrogen) atoms. The Kier molecular flexibility index (Phi) is 2.16. The number of carbonyl (C=O) groups excluding carboxylic acids is 1. The molecule has 1 atom stereocenters. The fourth-order valence-electron chi connectivity index (χ4n) is 0.887. The lowest BCUT2D eigenvalue weighted by molar-refractivity contribution is -0.140. The van der Waals surface area contributed by atoms with E-state index in [1.165, 1.54) is 0 Å². The summed E-state index contributed by atoms with van der Waals surface area (Å²) in [4.78, 5) is 12.5. The number of carbonyl (C=O) groups is 1. The van der Waals surface area contributed by atoms with Gasteiger partial charge in [0.25, 0.3) is 0 Å². The molecule has 0 aliphatic carbocycles. The summed E-state index contributed by atoms with van der Waals surface area (Å²) in [6.45, 7) is 2.51. The van der Waals surface area contributed by atoms with Crippen molar-refractivity contribution in [1.82, 2.24) is 4.90 Å². The highest BCUT2D eigenvalue weighted by atomic mass is 35.5. The predicted molar refractivity (Wildman–Crippen MR) is 37.9 cm³/mol. The molecule has 1 saturated heterocycles. The summed E-state index contributed by atoms with van der Waals surface area (Å²) in [5, 5.41) is 8.35. The molecule has 1 N–H and O–H groups in total. The normalized spacial score (nSPS) is 22.1. The molecule has 1 aliphatic heterocycles. The Morgan fingerprint density at radius 2 is 2.30 bits per heavy atom. The number of alkyl halides is 1. The number of nitrogens with zero attached hydrogens (tertiary/aromatic N) is 1. The largest absolute Gasteiger partial charge is 0.389 e. The molecule has 58 valence electrons. The van der Waals surface area contributed by atoms with Gasteiger partial charge in [0.05, 0.1) is 6.10 Å². The molecule has 1 heterocycles. The molecule has 0 radical (unpaired) electrons. The van der Waals surface area contributed by atoms with Gasteiger partial charge in [-0.25, -0.2) is 0 Å². The van der Waals surface area contributed by atoms with Crippen LogP contribution in [0, 0.1) is 0 Å². The van der Waals surface area contributed by atoms with E-state index in [-0.39, 0.29) is 12.0 Å². The van der Waals surface area contributed by atoms with Gasteiger partial charge >= 0.3 is 0 Å². The van der Waals surface area contributed by atoms with E-state index in [1.807, 2.05) is 0 Å². The number of hydrogen-bond acceptors (Lipinski definition) is 2. The van der Waals surface area contributed by atoms with Crippen molar-refractivity contribution in [2.45, 2.75) is 18.4 Å². The molecule has 1 rings (SSSR count). The van der Waals surface area contributed by atoms with Gasteiger partial charge in [0.2, 0.25) is 5.91 Å². The second-order valence-electron chi connectivity index (χ2n) is 2.51. The highest BCUT2D eigenvalue weighted by molar-refractivity contribution is 6.30. The fraction of sp³-hybridized carbons (Fsp3) is 0.833. The van der Waals surface area contributed by atoms with Crippen LogP contribution in [0.1, 0.15) is 6.92 Å². The summed E-state index contributed by atoms with van der Waals surface area (Å²) in [5.41, 5.74) is 0. The van der Waals surface area contributed by atoms with E-state index in [9.17, 15) is 4.79 Å². The van der Waals surface area contributed by atoms with Crippen LogP contribution in [0.3, 0.4) is 0 Å². The van der Waals surface area contributed by atoms with Crippen LogP contribution in [0.25, 0.3) is 0 Å². The van der Waals surface area contributed by atoms with E-state index < -0.39 is 5.38 Å². The van der Waals surface area contributed by atoms with E-state index in [0.717, 1.165) is 0 Å². The standard InChI is InChI=1S/C6H10ClNO2/c1-4(7)6(10)8-2-5(9)3-8/h4-5,9H,2-3H2,1H3. The number of hydrogen-bond donors (Lipinski definition) is 1. The van der Waals surface area contributed by atoms with Gasteiger partial charge in [0.15, 0.2) is 0 Å². The van der Waals surface area contributed by atoms with Crippen molar-refractivity contribution >= 4 is 17.5 Å². The number of likely N-dealkylation sites (tertiary alicyclic amines) is 1. The Balaban J connectivity index is 2.31. The zero-order valence-electron chi connectivity index (χ0n) is 5.75. The van der Waals surface area contributed by atoms with Gasteiger partial charge < -0.3 is 10.0 Å². The van der Waals surface area contributed by atoms with Crippen molar-refractivity contribution in [1.29, 1.82) is 0 Å². The topological polar surface area (TPSA) is 40.5 Å². The molecule has 0 spiro atoms. The molecule has 3 nitrogen and oxygen atoms in total. The summed E-state index contributed by atoms with van der Waals surface area (Å²) in [6.07, 6.45) is -0.334. The maximum atomic E-state index is 11.0. The van der Waals surface area contributed by atoms with Crippen molar-refractivity contribution in [2.75, 3.05) is 13.1 Å². The van der Waals surface area contributed by atoms with Crippen LogP contribution in [-0.2, 0) is 4.79 Å². The van der Waals surface area contributed by atoms with E-state index in [2.05, 4.69) is 0 Å². The van der Waals surface area contributed by atoms with Gasteiger partial charge in [-0.1, -0.05) is 0 Å². The Morgan fingerprint density at radius 3 is 2.60 bits per heavy atom. The van der Waals surface area contributed by atoms with Gasteiger partial charge in [-0.3, -0.25) is 4.79 Å². The summed E-state index contributed by atoms with van der Waals surface area (Å²) in [7, 11) is 0. The van der Waals surface area contributed by atoms with Crippen LogP contribution in [-0.4, -0.2) is 40.5 Å². The first-order chi connectivity index (χ1) is 4.61. The Morgan fingerprint density at radius 1 is 1.80 bits per heavy atom. The highest BCUT2D eigenvalue weighted by Crippen LogP contribution is 2.11. The molecule has 0 aromatic heterocycles. The van der Waals surface area contributed by atoms with E-state index in [1.54, 1.807) is 11.8 Å². The molecule has 1 unspecified atom stereocenters. The summed E-state index contributed by atoms with van der Waals surface area (Å²) in [5.74, 6) is -0.0908. The Labute approximate surface area is 64.6 Å². The minimum absolute atomic E-state index is 0.0908. The molecule has 4 heteroatoms. The first kappa shape index (κ1) is 7.82. The van der Waals surface area contributed by atoms with Crippen LogP contribution in [0.5, 0.6) is 0 Å². The second-order valence-corrected chi connectivity index (χ2v) is 3.17. The third kappa shape index (κ3) is 1.41. The lowest BCUT2D eigenvalue weighted by Gasteiger charge is -2.36. The van der Waals surface area contributed by atoms with Crippen molar-refractivity contribution in [3.63, 3.8) is 0 Å². The maximum absolute atomic E-state index is 11.0. The van der Waals surface area contributed by atoms with Crippen molar-refractivity contribution < 1.29 is 9.90 Å². The third-order valence-corrected chi connectivity index (χ3v) is 1.70.